The fourth-order valence-corrected chi connectivity index (χ4v) is 7.62. The lowest BCUT2D eigenvalue weighted by Gasteiger charge is -2.31. The Morgan fingerprint density at radius 2 is 1.80 bits per heavy atom. The van der Waals surface area contributed by atoms with Crippen LogP contribution in [0, 0.1) is 21.3 Å². The van der Waals surface area contributed by atoms with Gasteiger partial charge in [0.1, 0.15) is 0 Å². The van der Waals surface area contributed by atoms with E-state index >= 15 is 0 Å². The smallest absolute Gasteiger partial charge is 0.238 e. The predicted octanol–water partition coefficient (Wildman–Crippen LogP) is 6.84. The molecule has 2 amide bonds. The Labute approximate surface area is 276 Å². The molecule has 8 nitrogen and oxygen atoms in total. The van der Waals surface area contributed by atoms with Crippen LogP contribution >= 0.6 is 22.6 Å². The van der Waals surface area contributed by atoms with Crippen LogP contribution in [0.5, 0.6) is 11.5 Å². The average Bonchev–Trinajstić information content (AvgIpc) is 3.59. The van der Waals surface area contributed by atoms with Crippen molar-refractivity contribution in [2.24, 2.45) is 17.8 Å². The van der Waals surface area contributed by atoms with Gasteiger partial charge >= 0.3 is 0 Å². The van der Waals surface area contributed by atoms with E-state index in [2.05, 4.69) is 40.9 Å². The van der Waals surface area contributed by atoms with Crippen LogP contribution in [0.15, 0.2) is 83.4 Å². The third-order valence-electron chi connectivity index (χ3n) is 9.21. The average molecular weight is 721 g/mol. The van der Waals surface area contributed by atoms with E-state index < -0.39 is 11.8 Å². The van der Waals surface area contributed by atoms with E-state index in [1.54, 1.807) is 12.1 Å². The zero-order valence-corrected chi connectivity index (χ0v) is 27.5. The molecule has 234 valence electrons. The molecule has 4 atom stereocenters. The highest BCUT2D eigenvalue weighted by Crippen LogP contribution is 2.50. The van der Waals surface area contributed by atoms with Crippen molar-refractivity contribution in [2.45, 2.75) is 38.7 Å². The molecular formula is C36H37IN2O6. The molecule has 3 N–H and O–H groups in total. The number of fused-ring (bicyclic) bond motifs is 3. The standard InChI is InChI=1S/C36H37IN2O6/c1-3-21(15-22-16-29(37)34(41)31(17-22)44-2)9-14-30-32-23(19-40)18-27-33(28(32)20-45-30)36(43)39(35(27)42)26-12-10-25(11-13-26)38-24-7-5-4-6-8-24/h4-8,10-13,15-17,27-28,30,33,38,40-41H,3,9,14,18-20H2,1-2H3/b21-15+/t27-,28+,30-,33-/m1/s1. The molecule has 2 heterocycles. The number of phenolic OH excluding ortho intramolecular Hbond substituents is 1. The van der Waals surface area contributed by atoms with Crippen LogP contribution in [-0.2, 0) is 14.3 Å². The number of aromatic hydroxyl groups is 1. The van der Waals surface area contributed by atoms with E-state index in [0.29, 0.717) is 30.9 Å². The first-order valence-corrected chi connectivity index (χ1v) is 16.4. The van der Waals surface area contributed by atoms with E-state index in [9.17, 15) is 19.8 Å². The second-order valence-electron chi connectivity index (χ2n) is 11.8. The van der Waals surface area contributed by atoms with E-state index in [4.69, 9.17) is 9.47 Å². The Bertz CT molecular complexity index is 1650. The minimum absolute atomic E-state index is 0.133. The van der Waals surface area contributed by atoms with Crippen molar-refractivity contribution >= 4 is 57.5 Å². The van der Waals surface area contributed by atoms with Crippen LogP contribution in [0.3, 0.4) is 0 Å². The van der Waals surface area contributed by atoms with Crippen LogP contribution < -0.4 is 15.0 Å². The summed E-state index contributed by atoms with van der Waals surface area (Å²) in [6.07, 6.45) is 4.58. The van der Waals surface area contributed by atoms with E-state index in [1.165, 1.54) is 17.6 Å². The number of imide groups is 1. The normalized spacial score (nSPS) is 22.9. The second-order valence-corrected chi connectivity index (χ2v) is 12.9. The number of nitrogens with one attached hydrogen (secondary N) is 1. The third-order valence-corrected chi connectivity index (χ3v) is 10.0. The summed E-state index contributed by atoms with van der Waals surface area (Å²) in [5, 5.41) is 23.9. The number of para-hydroxylation sites is 1. The highest BCUT2D eigenvalue weighted by Gasteiger charge is 2.57. The number of hydrogen-bond donors (Lipinski definition) is 3. The first-order chi connectivity index (χ1) is 21.8. The highest BCUT2D eigenvalue weighted by atomic mass is 127. The van der Waals surface area contributed by atoms with Crippen LogP contribution in [0.2, 0.25) is 0 Å². The predicted molar refractivity (Wildman–Crippen MR) is 182 cm³/mol. The number of aliphatic hydroxyl groups is 1. The summed E-state index contributed by atoms with van der Waals surface area (Å²) in [6, 6.07) is 20.9. The minimum Gasteiger partial charge on any atom is -0.504 e. The van der Waals surface area contributed by atoms with Crippen molar-refractivity contribution in [3.05, 3.63) is 92.6 Å². The number of nitrogens with zero attached hydrogens (tertiary/aromatic N) is 1. The third kappa shape index (κ3) is 6.13. The van der Waals surface area contributed by atoms with Gasteiger partial charge in [0.05, 0.1) is 47.5 Å². The summed E-state index contributed by atoms with van der Waals surface area (Å²) in [7, 11) is 1.54. The summed E-state index contributed by atoms with van der Waals surface area (Å²) in [6.45, 7) is 2.31. The molecule has 0 radical (unpaired) electrons. The SMILES string of the molecule is CC/C(=C\c1cc(I)c(O)c(OC)c1)CC[C@H]1OC[C@H]2C1=C(CO)C[C@H]1C(=O)N(c3ccc(Nc4ccccc4)cc3)C(=O)[C@H]12. The monoisotopic (exact) mass is 720 g/mol. The van der Waals surface area contributed by atoms with Gasteiger partial charge in [0.25, 0.3) is 0 Å². The van der Waals surface area contributed by atoms with E-state index in [1.807, 2.05) is 54.6 Å². The van der Waals surface area contributed by atoms with Crippen molar-refractivity contribution in [1.82, 2.24) is 0 Å². The maximum absolute atomic E-state index is 13.9. The fraction of sp³-hybridized carbons (Fsp3) is 0.333. The number of amides is 2. The number of methoxy groups -OCH3 is 1. The molecular weight excluding hydrogens is 683 g/mol. The minimum atomic E-state index is -0.504. The molecule has 0 aromatic heterocycles. The second kappa shape index (κ2) is 13.4. The number of rotatable bonds is 10. The summed E-state index contributed by atoms with van der Waals surface area (Å²) in [4.78, 5) is 28.9. The maximum Gasteiger partial charge on any atom is 0.238 e. The summed E-state index contributed by atoms with van der Waals surface area (Å²) >= 11 is 2.10. The van der Waals surface area contributed by atoms with Gasteiger partial charge in [0, 0.05) is 17.3 Å². The zero-order chi connectivity index (χ0) is 31.7. The molecule has 3 aromatic rings. The number of phenols is 1. The Hall–Kier alpha value is -3.67. The maximum atomic E-state index is 13.9. The number of carbonyl (C=O) groups excluding carboxylic acids is 2. The molecule has 3 aromatic carbocycles. The summed E-state index contributed by atoms with van der Waals surface area (Å²) in [5.74, 6) is -1.06. The molecule has 0 unspecified atom stereocenters. The number of carbonyl (C=O) groups is 2. The highest BCUT2D eigenvalue weighted by molar-refractivity contribution is 14.1. The Balaban J connectivity index is 1.18. The lowest BCUT2D eigenvalue weighted by atomic mass is 9.69. The Morgan fingerprint density at radius 3 is 2.49 bits per heavy atom. The van der Waals surface area contributed by atoms with Crippen LogP contribution in [0.4, 0.5) is 17.1 Å². The zero-order valence-electron chi connectivity index (χ0n) is 25.3. The Kier molecular flexibility index (Phi) is 9.30. The first-order valence-electron chi connectivity index (χ1n) is 15.3. The molecule has 2 saturated heterocycles. The molecule has 1 aliphatic carbocycles. The fourth-order valence-electron chi connectivity index (χ4n) is 6.99. The number of aliphatic hydroxyl groups excluding tert-OH is 1. The van der Waals surface area contributed by atoms with Gasteiger partial charge in [-0.3, -0.25) is 14.5 Å². The lowest BCUT2D eigenvalue weighted by molar-refractivity contribution is -0.122. The van der Waals surface area contributed by atoms with Gasteiger partial charge in [-0.1, -0.05) is 36.8 Å². The first kappa shape index (κ1) is 31.3. The van der Waals surface area contributed by atoms with E-state index in [0.717, 1.165) is 44.5 Å². The van der Waals surface area contributed by atoms with Crippen molar-refractivity contribution in [3.8, 4) is 11.5 Å². The number of allylic oxidation sites excluding steroid dienone is 1. The van der Waals surface area contributed by atoms with Gasteiger partial charge in [-0.25, -0.2) is 0 Å². The van der Waals surface area contributed by atoms with Crippen molar-refractivity contribution < 1.29 is 29.3 Å². The Morgan fingerprint density at radius 1 is 1.07 bits per heavy atom. The van der Waals surface area contributed by atoms with Crippen molar-refractivity contribution in [2.75, 3.05) is 30.5 Å². The van der Waals surface area contributed by atoms with Gasteiger partial charge in [-0.2, -0.15) is 0 Å². The summed E-state index contributed by atoms with van der Waals surface area (Å²) < 4.78 is 12.4. The topological polar surface area (TPSA) is 108 Å². The molecule has 0 saturated carbocycles. The number of ether oxygens (including phenoxy) is 2. The van der Waals surface area contributed by atoms with Crippen LogP contribution in [0.1, 0.15) is 38.2 Å². The molecule has 0 bridgehead atoms. The number of anilines is 3. The van der Waals surface area contributed by atoms with Gasteiger partial charge < -0.3 is 25.0 Å². The largest absolute Gasteiger partial charge is 0.504 e. The van der Waals surface area contributed by atoms with Crippen LogP contribution in [0.25, 0.3) is 6.08 Å². The van der Waals surface area contributed by atoms with Gasteiger partial charge in [-0.15, -0.1) is 0 Å². The molecule has 2 aliphatic heterocycles. The van der Waals surface area contributed by atoms with E-state index in [-0.39, 0.29) is 36.2 Å². The number of benzene rings is 3. The molecule has 45 heavy (non-hydrogen) atoms. The molecule has 9 heteroatoms. The van der Waals surface area contributed by atoms with Gasteiger partial charge in [-0.05, 0) is 114 Å². The molecule has 3 aliphatic rings. The lowest BCUT2D eigenvalue weighted by Crippen LogP contribution is -2.35. The van der Waals surface area contributed by atoms with Gasteiger partial charge in [0.2, 0.25) is 11.8 Å². The van der Waals surface area contributed by atoms with Gasteiger partial charge in [0.15, 0.2) is 11.5 Å². The van der Waals surface area contributed by atoms with Crippen molar-refractivity contribution in [3.63, 3.8) is 0 Å². The molecule has 0 spiro atoms. The number of halogens is 1. The van der Waals surface area contributed by atoms with Crippen LogP contribution in [-0.4, -0.2) is 48.5 Å². The quantitative estimate of drug-likeness (QED) is 0.120. The van der Waals surface area contributed by atoms with Crippen molar-refractivity contribution in [1.29, 1.82) is 0 Å². The summed E-state index contributed by atoms with van der Waals surface area (Å²) in [5.41, 5.74) is 6.36. The number of hydrogen-bond acceptors (Lipinski definition) is 7. The molecule has 2 fully saturated rings. The molecule has 6 rings (SSSR count).